The smallest absolute Gasteiger partial charge is 0.288 e. The lowest BCUT2D eigenvalue weighted by molar-refractivity contribution is -0.137. The van der Waals surface area contributed by atoms with Crippen molar-refractivity contribution in [3.05, 3.63) is 65.2 Å². The number of rotatable bonds is 2. The molecular weight excluding hydrogens is 262 g/mol. The van der Waals surface area contributed by atoms with Gasteiger partial charge in [-0.15, -0.1) is 0 Å². The Morgan fingerprint density at radius 3 is 2.37 bits per heavy atom. The third kappa shape index (κ3) is 2.62. The Kier molecular flexibility index (Phi) is 3.33. The SMILES string of the molecule is O=C(c1ccccc1F)c1cnccc1C(F)(F)F. The molecule has 6 heteroatoms. The van der Waals surface area contributed by atoms with Gasteiger partial charge in [-0.1, -0.05) is 12.1 Å². The molecule has 0 saturated carbocycles. The van der Waals surface area contributed by atoms with Gasteiger partial charge in [-0.2, -0.15) is 13.2 Å². The molecule has 0 N–H and O–H groups in total. The summed E-state index contributed by atoms with van der Waals surface area (Å²) in [5.74, 6) is -1.91. The minimum atomic E-state index is -4.70. The average molecular weight is 269 g/mol. The molecule has 1 heterocycles. The van der Waals surface area contributed by atoms with Gasteiger partial charge < -0.3 is 0 Å². The molecule has 0 saturated heterocycles. The quantitative estimate of drug-likeness (QED) is 0.617. The van der Waals surface area contributed by atoms with Crippen molar-refractivity contribution in [2.24, 2.45) is 0 Å². The number of carbonyl (C=O) groups excluding carboxylic acids is 1. The van der Waals surface area contributed by atoms with Crippen molar-refractivity contribution in [1.82, 2.24) is 4.98 Å². The molecule has 0 aliphatic carbocycles. The number of alkyl halides is 3. The third-order valence-corrected chi connectivity index (χ3v) is 2.49. The number of halogens is 4. The maximum atomic E-state index is 13.4. The predicted molar refractivity (Wildman–Crippen MR) is 59.1 cm³/mol. The van der Waals surface area contributed by atoms with Crippen LogP contribution in [0.3, 0.4) is 0 Å². The highest BCUT2D eigenvalue weighted by molar-refractivity contribution is 6.10. The zero-order valence-corrected chi connectivity index (χ0v) is 9.41. The van der Waals surface area contributed by atoms with Crippen LogP contribution in [-0.2, 0) is 6.18 Å². The van der Waals surface area contributed by atoms with Crippen molar-refractivity contribution < 1.29 is 22.4 Å². The molecule has 1 aromatic heterocycles. The van der Waals surface area contributed by atoms with Crippen LogP contribution in [0.1, 0.15) is 21.5 Å². The predicted octanol–water partition coefficient (Wildman–Crippen LogP) is 3.47. The van der Waals surface area contributed by atoms with Crippen LogP contribution < -0.4 is 0 Å². The molecule has 0 aliphatic heterocycles. The van der Waals surface area contributed by atoms with Crippen molar-refractivity contribution in [3.8, 4) is 0 Å². The summed E-state index contributed by atoms with van der Waals surface area (Å²) in [5.41, 5.74) is -2.21. The van der Waals surface area contributed by atoms with E-state index in [1.165, 1.54) is 12.1 Å². The summed E-state index contributed by atoms with van der Waals surface area (Å²) in [6, 6.07) is 5.55. The summed E-state index contributed by atoms with van der Waals surface area (Å²) in [6.07, 6.45) is -2.97. The van der Waals surface area contributed by atoms with E-state index in [0.717, 1.165) is 24.5 Å². The van der Waals surface area contributed by atoms with Gasteiger partial charge in [0.2, 0.25) is 0 Å². The summed E-state index contributed by atoms with van der Waals surface area (Å²) in [7, 11) is 0. The number of carbonyl (C=O) groups is 1. The Bertz CT molecular complexity index is 622. The normalized spacial score (nSPS) is 11.4. The number of hydrogen-bond acceptors (Lipinski definition) is 2. The number of aromatic nitrogens is 1. The van der Waals surface area contributed by atoms with Gasteiger partial charge in [-0.25, -0.2) is 4.39 Å². The summed E-state index contributed by atoms with van der Waals surface area (Å²) in [4.78, 5) is 15.4. The van der Waals surface area contributed by atoms with Gasteiger partial charge >= 0.3 is 6.18 Å². The minimum Gasteiger partial charge on any atom is -0.288 e. The van der Waals surface area contributed by atoms with Crippen molar-refractivity contribution in [2.75, 3.05) is 0 Å². The van der Waals surface area contributed by atoms with Crippen LogP contribution in [0.2, 0.25) is 0 Å². The van der Waals surface area contributed by atoms with Crippen molar-refractivity contribution >= 4 is 5.78 Å². The fourth-order valence-corrected chi connectivity index (χ4v) is 1.61. The van der Waals surface area contributed by atoms with Crippen LogP contribution in [0, 0.1) is 5.82 Å². The number of benzene rings is 1. The lowest BCUT2D eigenvalue weighted by atomic mass is 10.00. The van der Waals surface area contributed by atoms with E-state index in [-0.39, 0.29) is 0 Å². The van der Waals surface area contributed by atoms with Gasteiger partial charge in [0.05, 0.1) is 16.7 Å². The van der Waals surface area contributed by atoms with Crippen LogP contribution in [0.15, 0.2) is 42.7 Å². The topological polar surface area (TPSA) is 30.0 Å². The summed E-state index contributed by atoms with van der Waals surface area (Å²) in [6.45, 7) is 0. The Balaban J connectivity index is 2.55. The molecule has 2 nitrogen and oxygen atoms in total. The molecule has 0 spiro atoms. The first-order valence-electron chi connectivity index (χ1n) is 5.21. The van der Waals surface area contributed by atoms with Gasteiger partial charge in [0.25, 0.3) is 0 Å². The zero-order valence-electron chi connectivity index (χ0n) is 9.41. The second-order valence-corrected chi connectivity index (χ2v) is 3.73. The van der Waals surface area contributed by atoms with Crippen molar-refractivity contribution in [3.63, 3.8) is 0 Å². The Morgan fingerprint density at radius 1 is 1.05 bits per heavy atom. The Labute approximate surface area is 105 Å². The highest BCUT2D eigenvalue weighted by Gasteiger charge is 2.35. The van der Waals surface area contributed by atoms with Gasteiger partial charge in [0.15, 0.2) is 5.78 Å². The highest BCUT2D eigenvalue weighted by atomic mass is 19.4. The van der Waals surface area contributed by atoms with E-state index in [4.69, 9.17) is 0 Å². The lowest BCUT2D eigenvalue weighted by Gasteiger charge is -2.11. The summed E-state index contributed by atoms with van der Waals surface area (Å²) < 4.78 is 51.7. The third-order valence-electron chi connectivity index (χ3n) is 2.49. The molecule has 0 atom stereocenters. The molecule has 98 valence electrons. The van der Waals surface area contributed by atoms with Gasteiger partial charge in [0, 0.05) is 12.4 Å². The van der Waals surface area contributed by atoms with E-state index < -0.39 is 34.5 Å². The maximum absolute atomic E-state index is 13.4. The molecule has 0 fully saturated rings. The number of ketones is 1. The fraction of sp³-hybridized carbons (Fsp3) is 0.0769. The van der Waals surface area contributed by atoms with Crippen molar-refractivity contribution in [1.29, 1.82) is 0 Å². The first kappa shape index (κ1) is 13.2. The Hall–Kier alpha value is -2.24. The summed E-state index contributed by atoms with van der Waals surface area (Å²) >= 11 is 0. The molecule has 0 bridgehead atoms. The van der Waals surface area contributed by atoms with E-state index in [1.54, 1.807) is 0 Å². The molecule has 0 radical (unpaired) electrons. The van der Waals surface area contributed by atoms with Gasteiger partial charge in [-0.3, -0.25) is 9.78 Å². The first-order valence-corrected chi connectivity index (χ1v) is 5.21. The average Bonchev–Trinajstić information content (AvgIpc) is 2.37. The molecule has 2 rings (SSSR count). The van der Waals surface area contributed by atoms with E-state index in [0.29, 0.717) is 6.07 Å². The Morgan fingerprint density at radius 2 is 1.74 bits per heavy atom. The van der Waals surface area contributed by atoms with E-state index in [2.05, 4.69) is 4.98 Å². The van der Waals surface area contributed by atoms with E-state index >= 15 is 0 Å². The van der Waals surface area contributed by atoms with E-state index in [1.807, 2.05) is 0 Å². The standard InChI is InChI=1S/C13H7F4NO/c14-11-4-2-1-3-8(11)12(19)9-7-18-6-5-10(9)13(15,16)17/h1-7H. The molecule has 0 amide bonds. The van der Waals surface area contributed by atoms with Crippen LogP contribution in [0.25, 0.3) is 0 Å². The summed E-state index contributed by atoms with van der Waals surface area (Å²) in [5, 5.41) is 0. The zero-order chi connectivity index (χ0) is 14.0. The highest BCUT2D eigenvalue weighted by Crippen LogP contribution is 2.32. The van der Waals surface area contributed by atoms with Gasteiger partial charge in [-0.05, 0) is 18.2 Å². The number of hydrogen-bond donors (Lipinski definition) is 0. The van der Waals surface area contributed by atoms with Gasteiger partial charge in [0.1, 0.15) is 5.82 Å². The molecule has 0 unspecified atom stereocenters. The largest absolute Gasteiger partial charge is 0.417 e. The lowest BCUT2D eigenvalue weighted by Crippen LogP contribution is -2.15. The van der Waals surface area contributed by atoms with Crippen LogP contribution in [0.5, 0.6) is 0 Å². The molecule has 2 aromatic rings. The van der Waals surface area contributed by atoms with Crippen LogP contribution in [-0.4, -0.2) is 10.8 Å². The minimum absolute atomic E-state index is 0.416. The molecule has 19 heavy (non-hydrogen) atoms. The second-order valence-electron chi connectivity index (χ2n) is 3.73. The maximum Gasteiger partial charge on any atom is 0.417 e. The second kappa shape index (κ2) is 4.79. The van der Waals surface area contributed by atoms with E-state index in [9.17, 15) is 22.4 Å². The monoisotopic (exact) mass is 269 g/mol. The molecule has 0 aliphatic rings. The van der Waals surface area contributed by atoms with Crippen LogP contribution >= 0.6 is 0 Å². The molecule has 1 aromatic carbocycles. The molecular formula is C13H7F4NO. The fourth-order valence-electron chi connectivity index (χ4n) is 1.61. The number of pyridine rings is 1. The van der Waals surface area contributed by atoms with Crippen LogP contribution in [0.4, 0.5) is 17.6 Å². The number of nitrogens with zero attached hydrogens (tertiary/aromatic N) is 1. The van der Waals surface area contributed by atoms with Crippen molar-refractivity contribution in [2.45, 2.75) is 6.18 Å². The first-order chi connectivity index (χ1) is 8.91.